The van der Waals surface area contributed by atoms with Crippen LogP contribution in [0.5, 0.6) is 0 Å². The van der Waals surface area contributed by atoms with Gasteiger partial charge in [0.2, 0.25) is 5.91 Å². The topological polar surface area (TPSA) is 137 Å². The zero-order valence-electron chi connectivity index (χ0n) is 29.9. The Balaban J connectivity index is 1.82. The standard InChI is InChI=1S/C39H60F2N4O4/c1-4-5-6-7-8-9-10-11-12-13-17-20-36(47)49-37(34(43)23-29-18-15-14-16-19-29)38(48)45-28-39(2,3)27-44-35(46)26-32(42)25-30-24-31(40)21-22-33(30)41/h14-16,18-19,21-22,24,32,34,37H,4-13,17,20,23,25-28,42-43H2,1-3H3,(H,44,46)(H,45,48). The Hall–Kier alpha value is -3.37. The molecule has 0 saturated heterocycles. The smallest absolute Gasteiger partial charge is 0.306 e. The summed E-state index contributed by atoms with van der Waals surface area (Å²) in [4.78, 5) is 38.8. The molecular weight excluding hydrogens is 626 g/mol. The minimum atomic E-state index is -1.17. The Morgan fingerprint density at radius 1 is 0.796 bits per heavy atom. The van der Waals surface area contributed by atoms with Crippen LogP contribution in [0.15, 0.2) is 48.5 Å². The second kappa shape index (κ2) is 23.1. The van der Waals surface area contributed by atoms with Crippen LogP contribution in [0.25, 0.3) is 0 Å². The van der Waals surface area contributed by atoms with E-state index < -0.39 is 47.1 Å². The number of unbranched alkanes of at least 4 members (excludes halogenated alkanes) is 10. The van der Waals surface area contributed by atoms with Gasteiger partial charge in [0, 0.05) is 32.0 Å². The second-order valence-electron chi connectivity index (χ2n) is 14.1. The van der Waals surface area contributed by atoms with Gasteiger partial charge in [-0.25, -0.2) is 8.78 Å². The maximum Gasteiger partial charge on any atom is 0.306 e. The predicted molar refractivity (Wildman–Crippen MR) is 192 cm³/mol. The fourth-order valence-electron chi connectivity index (χ4n) is 5.65. The molecule has 49 heavy (non-hydrogen) atoms. The lowest BCUT2D eigenvalue weighted by Crippen LogP contribution is -2.52. The third-order valence-corrected chi connectivity index (χ3v) is 8.65. The molecular formula is C39H60F2N4O4. The predicted octanol–water partition coefficient (Wildman–Crippen LogP) is 6.67. The van der Waals surface area contributed by atoms with E-state index >= 15 is 0 Å². The summed E-state index contributed by atoms with van der Waals surface area (Å²) in [6, 6.07) is 11.2. The van der Waals surface area contributed by atoms with Gasteiger partial charge in [0.1, 0.15) is 11.6 Å². The van der Waals surface area contributed by atoms with E-state index in [1.165, 1.54) is 44.9 Å². The molecule has 3 unspecified atom stereocenters. The van der Waals surface area contributed by atoms with Crippen LogP contribution in [-0.2, 0) is 32.0 Å². The van der Waals surface area contributed by atoms with Gasteiger partial charge >= 0.3 is 5.97 Å². The molecule has 2 aromatic rings. The number of nitrogens with two attached hydrogens (primary N) is 2. The quantitative estimate of drug-likeness (QED) is 0.0681. The van der Waals surface area contributed by atoms with Crippen LogP contribution >= 0.6 is 0 Å². The Labute approximate surface area is 292 Å². The number of rotatable bonds is 25. The second-order valence-corrected chi connectivity index (χ2v) is 14.1. The van der Waals surface area contributed by atoms with Gasteiger partial charge in [0.05, 0.1) is 6.04 Å². The molecule has 0 heterocycles. The molecule has 0 radical (unpaired) electrons. The molecule has 0 fully saturated rings. The average molecular weight is 687 g/mol. The molecule has 0 aliphatic heterocycles. The van der Waals surface area contributed by atoms with Crippen molar-refractivity contribution in [1.29, 1.82) is 0 Å². The SMILES string of the molecule is CCCCCCCCCCCCCC(=O)OC(C(=O)NCC(C)(C)CNC(=O)CC(N)Cc1cc(F)ccc1F)C(N)Cc1ccccc1. The third-order valence-electron chi connectivity index (χ3n) is 8.65. The Morgan fingerprint density at radius 2 is 1.39 bits per heavy atom. The summed E-state index contributed by atoms with van der Waals surface area (Å²) < 4.78 is 33.2. The van der Waals surface area contributed by atoms with Crippen molar-refractivity contribution in [1.82, 2.24) is 10.6 Å². The minimum absolute atomic E-state index is 0.0130. The van der Waals surface area contributed by atoms with Crippen molar-refractivity contribution in [3.8, 4) is 0 Å². The van der Waals surface area contributed by atoms with Crippen LogP contribution in [0.3, 0.4) is 0 Å². The summed E-state index contributed by atoms with van der Waals surface area (Å²) in [6.45, 7) is 6.36. The summed E-state index contributed by atoms with van der Waals surface area (Å²) in [5.41, 5.74) is 13.0. The normalized spacial score (nSPS) is 13.4. The van der Waals surface area contributed by atoms with Crippen LogP contribution < -0.4 is 22.1 Å². The van der Waals surface area contributed by atoms with Crippen molar-refractivity contribution >= 4 is 17.8 Å². The van der Waals surface area contributed by atoms with Gasteiger partial charge in [-0.1, -0.05) is 115 Å². The van der Waals surface area contributed by atoms with E-state index in [1.807, 2.05) is 44.2 Å². The summed E-state index contributed by atoms with van der Waals surface area (Å²) in [5.74, 6) is -2.42. The third kappa shape index (κ3) is 18.3. The number of nitrogens with one attached hydrogen (secondary N) is 2. The highest BCUT2D eigenvalue weighted by atomic mass is 19.1. The summed E-state index contributed by atoms with van der Waals surface area (Å²) in [6.07, 6.45) is 12.2. The lowest BCUT2D eigenvalue weighted by molar-refractivity contribution is -0.157. The zero-order chi connectivity index (χ0) is 36.1. The molecule has 0 aliphatic carbocycles. The van der Waals surface area contributed by atoms with Crippen LogP contribution in [0.1, 0.15) is 115 Å². The molecule has 3 atom stereocenters. The van der Waals surface area contributed by atoms with Gasteiger partial charge in [-0.2, -0.15) is 0 Å². The molecule has 10 heteroatoms. The highest BCUT2D eigenvalue weighted by Gasteiger charge is 2.31. The van der Waals surface area contributed by atoms with Crippen LogP contribution in [0.2, 0.25) is 0 Å². The van der Waals surface area contributed by atoms with Crippen LogP contribution in [0.4, 0.5) is 8.78 Å². The number of halogens is 2. The monoisotopic (exact) mass is 686 g/mol. The maximum atomic E-state index is 14.0. The Morgan fingerprint density at radius 3 is 2.02 bits per heavy atom. The summed E-state index contributed by atoms with van der Waals surface area (Å²) in [5, 5.41) is 5.68. The maximum absolute atomic E-state index is 14.0. The first-order chi connectivity index (χ1) is 23.4. The molecule has 0 aliphatic rings. The Bertz CT molecular complexity index is 1260. The number of carbonyl (C=O) groups excluding carboxylic acids is 3. The van der Waals surface area contributed by atoms with E-state index in [1.54, 1.807) is 0 Å². The van der Waals surface area contributed by atoms with Gasteiger partial charge in [-0.15, -0.1) is 0 Å². The highest BCUT2D eigenvalue weighted by molar-refractivity contribution is 5.84. The summed E-state index contributed by atoms with van der Waals surface area (Å²) >= 11 is 0. The summed E-state index contributed by atoms with van der Waals surface area (Å²) in [7, 11) is 0. The number of benzene rings is 2. The van der Waals surface area contributed by atoms with E-state index in [0.717, 1.165) is 43.0 Å². The lowest BCUT2D eigenvalue weighted by atomic mass is 9.92. The van der Waals surface area contributed by atoms with Crippen molar-refractivity contribution in [2.75, 3.05) is 13.1 Å². The molecule has 0 bridgehead atoms. The van der Waals surface area contributed by atoms with Gasteiger partial charge in [0.15, 0.2) is 6.10 Å². The van der Waals surface area contributed by atoms with E-state index in [4.69, 9.17) is 16.2 Å². The molecule has 8 nitrogen and oxygen atoms in total. The van der Waals surface area contributed by atoms with Crippen molar-refractivity contribution in [2.24, 2.45) is 16.9 Å². The van der Waals surface area contributed by atoms with E-state index in [0.29, 0.717) is 12.8 Å². The minimum Gasteiger partial charge on any atom is -0.451 e. The molecule has 0 spiro atoms. The largest absolute Gasteiger partial charge is 0.451 e. The first-order valence-corrected chi connectivity index (χ1v) is 18.1. The molecule has 0 saturated carbocycles. The van der Waals surface area contributed by atoms with Crippen molar-refractivity contribution in [3.05, 3.63) is 71.3 Å². The van der Waals surface area contributed by atoms with Crippen LogP contribution in [0, 0.1) is 17.0 Å². The van der Waals surface area contributed by atoms with Gasteiger partial charge < -0.3 is 26.8 Å². The number of ether oxygens (including phenoxy) is 1. The van der Waals surface area contributed by atoms with Crippen molar-refractivity contribution < 1.29 is 27.9 Å². The zero-order valence-corrected chi connectivity index (χ0v) is 29.9. The molecule has 274 valence electrons. The van der Waals surface area contributed by atoms with Gasteiger partial charge in [0.25, 0.3) is 5.91 Å². The number of esters is 1. The number of amides is 2. The molecule has 2 aromatic carbocycles. The Kier molecular flexibility index (Phi) is 19.7. The van der Waals surface area contributed by atoms with E-state index in [9.17, 15) is 23.2 Å². The number of hydrogen-bond donors (Lipinski definition) is 4. The van der Waals surface area contributed by atoms with Crippen molar-refractivity contribution in [3.63, 3.8) is 0 Å². The molecule has 2 rings (SSSR count). The first-order valence-electron chi connectivity index (χ1n) is 18.1. The first kappa shape index (κ1) is 41.8. The average Bonchev–Trinajstić information content (AvgIpc) is 3.06. The van der Waals surface area contributed by atoms with E-state index in [2.05, 4.69) is 17.6 Å². The number of carbonyl (C=O) groups is 3. The fourth-order valence-corrected chi connectivity index (χ4v) is 5.65. The number of hydrogen-bond acceptors (Lipinski definition) is 6. The lowest BCUT2D eigenvalue weighted by Gasteiger charge is -2.28. The molecule has 6 N–H and O–H groups in total. The highest BCUT2D eigenvalue weighted by Crippen LogP contribution is 2.17. The van der Waals surface area contributed by atoms with E-state index in [-0.39, 0.29) is 43.8 Å². The van der Waals surface area contributed by atoms with Crippen molar-refractivity contribution in [2.45, 2.75) is 135 Å². The van der Waals surface area contributed by atoms with Gasteiger partial charge in [-0.05, 0) is 54.0 Å². The fraction of sp³-hybridized carbons (Fsp3) is 0.615. The molecule has 2 amide bonds. The van der Waals surface area contributed by atoms with Gasteiger partial charge in [-0.3, -0.25) is 14.4 Å². The van der Waals surface area contributed by atoms with Crippen LogP contribution in [-0.4, -0.2) is 49.1 Å². The molecule has 0 aromatic heterocycles.